The summed E-state index contributed by atoms with van der Waals surface area (Å²) in [6.07, 6.45) is 6.34. The first-order chi connectivity index (χ1) is 10.6. The highest BCUT2D eigenvalue weighted by Crippen LogP contribution is 2.19. The van der Waals surface area contributed by atoms with Gasteiger partial charge in [-0.3, -0.25) is 4.79 Å². The molecule has 0 radical (unpaired) electrons. The fourth-order valence-electron chi connectivity index (χ4n) is 2.92. The van der Waals surface area contributed by atoms with Gasteiger partial charge in [0.1, 0.15) is 12.7 Å². The number of hydrogen-bond donors (Lipinski definition) is 2. The van der Waals surface area contributed by atoms with Gasteiger partial charge in [0.2, 0.25) is 0 Å². The minimum Gasteiger partial charge on any atom is -0.391 e. The van der Waals surface area contributed by atoms with Gasteiger partial charge in [-0.15, -0.1) is 0 Å². The van der Waals surface area contributed by atoms with Gasteiger partial charge in [0.15, 0.2) is 0 Å². The van der Waals surface area contributed by atoms with Crippen molar-refractivity contribution in [3.63, 3.8) is 0 Å². The predicted molar refractivity (Wildman–Crippen MR) is 81.8 cm³/mol. The molecule has 1 aliphatic rings. The van der Waals surface area contributed by atoms with E-state index in [1.807, 2.05) is 19.1 Å². The summed E-state index contributed by atoms with van der Waals surface area (Å²) >= 11 is 0. The Bertz CT molecular complexity index is 654. The summed E-state index contributed by atoms with van der Waals surface area (Å²) in [5.41, 5.74) is 2.44. The number of aryl methyl sites for hydroxylation is 1. The predicted octanol–water partition coefficient (Wildman–Crippen LogP) is 1.61. The lowest BCUT2D eigenvalue weighted by Crippen LogP contribution is -2.45. The Kier molecular flexibility index (Phi) is 4.20. The number of aliphatic hydroxyl groups excluding tert-OH is 1. The quantitative estimate of drug-likeness (QED) is 0.902. The number of nitrogens with zero attached hydrogens (tertiary/aromatic N) is 3. The fourth-order valence-corrected chi connectivity index (χ4v) is 2.92. The molecule has 0 saturated heterocycles. The first kappa shape index (κ1) is 14.7. The first-order valence-electron chi connectivity index (χ1n) is 7.60. The molecule has 0 aliphatic heterocycles. The molecule has 2 atom stereocenters. The van der Waals surface area contributed by atoms with Gasteiger partial charge >= 0.3 is 0 Å². The topological polar surface area (TPSA) is 80.0 Å². The van der Waals surface area contributed by atoms with Crippen molar-refractivity contribution < 1.29 is 9.90 Å². The van der Waals surface area contributed by atoms with Crippen molar-refractivity contribution in [2.45, 2.75) is 44.8 Å². The van der Waals surface area contributed by atoms with Crippen molar-refractivity contribution in [3.05, 3.63) is 42.0 Å². The molecule has 22 heavy (non-hydrogen) atoms. The summed E-state index contributed by atoms with van der Waals surface area (Å²) in [6.45, 7) is 1.93. The third-order valence-corrected chi connectivity index (χ3v) is 4.17. The number of hydrogen-bond acceptors (Lipinski definition) is 4. The Labute approximate surface area is 129 Å². The van der Waals surface area contributed by atoms with Crippen LogP contribution in [0.15, 0.2) is 30.9 Å². The average Bonchev–Trinajstić information content (AvgIpc) is 3.03. The van der Waals surface area contributed by atoms with Crippen molar-refractivity contribution >= 4 is 5.91 Å². The van der Waals surface area contributed by atoms with Crippen LogP contribution in [0.2, 0.25) is 0 Å². The Balaban J connectivity index is 1.74. The maximum absolute atomic E-state index is 12.4. The second-order valence-electron chi connectivity index (χ2n) is 5.77. The lowest BCUT2D eigenvalue weighted by Gasteiger charge is -2.28. The van der Waals surface area contributed by atoms with Crippen LogP contribution in [-0.4, -0.2) is 37.9 Å². The van der Waals surface area contributed by atoms with Gasteiger partial charge in [0.25, 0.3) is 5.91 Å². The van der Waals surface area contributed by atoms with Gasteiger partial charge in [-0.05, 0) is 43.5 Å². The summed E-state index contributed by atoms with van der Waals surface area (Å²) < 4.78 is 1.67. The van der Waals surface area contributed by atoms with Crippen LogP contribution in [0.4, 0.5) is 0 Å². The van der Waals surface area contributed by atoms with Crippen molar-refractivity contribution in [3.8, 4) is 5.69 Å². The van der Waals surface area contributed by atoms with Gasteiger partial charge in [-0.1, -0.05) is 12.8 Å². The second-order valence-corrected chi connectivity index (χ2v) is 5.77. The molecule has 1 aliphatic carbocycles. The third kappa shape index (κ3) is 3.01. The van der Waals surface area contributed by atoms with Crippen LogP contribution in [0.3, 0.4) is 0 Å². The molecule has 6 heteroatoms. The highest BCUT2D eigenvalue weighted by atomic mass is 16.3. The van der Waals surface area contributed by atoms with E-state index in [-0.39, 0.29) is 11.9 Å². The molecule has 3 rings (SSSR count). The normalized spacial score (nSPS) is 21.5. The molecule has 6 nitrogen and oxygen atoms in total. The highest BCUT2D eigenvalue weighted by Gasteiger charge is 2.24. The fraction of sp³-hybridized carbons (Fsp3) is 0.438. The van der Waals surface area contributed by atoms with E-state index < -0.39 is 6.10 Å². The zero-order valence-corrected chi connectivity index (χ0v) is 12.6. The van der Waals surface area contributed by atoms with Crippen LogP contribution >= 0.6 is 0 Å². The molecule has 1 aromatic carbocycles. The van der Waals surface area contributed by atoms with Crippen LogP contribution in [0, 0.1) is 6.92 Å². The maximum Gasteiger partial charge on any atom is 0.251 e. The largest absolute Gasteiger partial charge is 0.391 e. The summed E-state index contributed by atoms with van der Waals surface area (Å²) in [4.78, 5) is 16.3. The lowest BCUT2D eigenvalue weighted by molar-refractivity contribution is 0.0717. The van der Waals surface area contributed by atoms with Gasteiger partial charge in [-0.25, -0.2) is 9.67 Å². The van der Waals surface area contributed by atoms with Crippen LogP contribution in [0.25, 0.3) is 5.69 Å². The minimum atomic E-state index is -0.437. The third-order valence-electron chi connectivity index (χ3n) is 4.17. The van der Waals surface area contributed by atoms with E-state index in [0.717, 1.165) is 36.9 Å². The molecule has 1 amide bonds. The van der Waals surface area contributed by atoms with Gasteiger partial charge in [0.05, 0.1) is 17.8 Å². The van der Waals surface area contributed by atoms with E-state index in [9.17, 15) is 9.90 Å². The molecule has 2 unspecified atom stereocenters. The molecule has 1 saturated carbocycles. The van der Waals surface area contributed by atoms with Gasteiger partial charge in [-0.2, -0.15) is 5.10 Å². The van der Waals surface area contributed by atoms with E-state index >= 15 is 0 Å². The van der Waals surface area contributed by atoms with Crippen molar-refractivity contribution in [1.82, 2.24) is 20.1 Å². The lowest BCUT2D eigenvalue weighted by atomic mass is 9.92. The zero-order valence-electron chi connectivity index (χ0n) is 12.6. The monoisotopic (exact) mass is 300 g/mol. The Hall–Kier alpha value is -2.21. The molecule has 1 aromatic heterocycles. The maximum atomic E-state index is 12.4. The summed E-state index contributed by atoms with van der Waals surface area (Å²) in [5.74, 6) is -0.140. The van der Waals surface area contributed by atoms with Crippen molar-refractivity contribution in [1.29, 1.82) is 0 Å². The number of aromatic nitrogens is 3. The van der Waals surface area contributed by atoms with Crippen LogP contribution < -0.4 is 5.32 Å². The molecule has 0 spiro atoms. The Morgan fingerprint density at radius 1 is 1.36 bits per heavy atom. The molecule has 116 valence electrons. The summed E-state index contributed by atoms with van der Waals surface area (Å²) in [5, 5.41) is 17.0. The van der Waals surface area contributed by atoms with Gasteiger partial charge < -0.3 is 10.4 Å². The summed E-state index contributed by atoms with van der Waals surface area (Å²) in [6, 6.07) is 5.32. The Morgan fingerprint density at radius 2 is 2.18 bits per heavy atom. The number of aliphatic hydroxyl groups is 1. The second kappa shape index (κ2) is 6.27. The summed E-state index contributed by atoms with van der Waals surface area (Å²) in [7, 11) is 0. The molecular formula is C16H20N4O2. The van der Waals surface area contributed by atoms with Crippen molar-refractivity contribution in [2.24, 2.45) is 0 Å². The van der Waals surface area contributed by atoms with Gasteiger partial charge in [0, 0.05) is 5.56 Å². The number of benzene rings is 1. The molecule has 2 aromatic rings. The van der Waals surface area contributed by atoms with E-state index in [4.69, 9.17) is 0 Å². The standard InChI is InChI=1S/C16H20N4O2/c1-11-8-12(6-7-14(11)20-10-17-9-18-20)16(22)19-13-4-2-3-5-15(13)21/h6-10,13,15,21H,2-5H2,1H3,(H,19,22). The van der Waals surface area contributed by atoms with Crippen LogP contribution in [0.5, 0.6) is 0 Å². The molecular weight excluding hydrogens is 280 g/mol. The number of rotatable bonds is 3. The van der Waals surface area contributed by atoms with E-state index in [2.05, 4.69) is 15.4 Å². The smallest absolute Gasteiger partial charge is 0.251 e. The van der Waals surface area contributed by atoms with E-state index in [1.165, 1.54) is 6.33 Å². The van der Waals surface area contributed by atoms with Crippen molar-refractivity contribution in [2.75, 3.05) is 0 Å². The Morgan fingerprint density at radius 3 is 2.86 bits per heavy atom. The SMILES string of the molecule is Cc1cc(C(=O)NC2CCCCC2O)ccc1-n1cncn1. The minimum absolute atomic E-state index is 0.140. The number of nitrogens with one attached hydrogen (secondary N) is 1. The number of carbonyl (C=O) groups is 1. The number of amides is 1. The average molecular weight is 300 g/mol. The zero-order chi connectivity index (χ0) is 15.5. The van der Waals surface area contributed by atoms with Crippen LogP contribution in [-0.2, 0) is 0 Å². The molecule has 1 fully saturated rings. The van der Waals surface area contributed by atoms with E-state index in [0.29, 0.717) is 5.56 Å². The molecule has 1 heterocycles. The van der Waals surface area contributed by atoms with Crippen LogP contribution in [0.1, 0.15) is 41.6 Å². The number of carbonyl (C=O) groups excluding carboxylic acids is 1. The molecule has 2 N–H and O–H groups in total. The first-order valence-corrected chi connectivity index (χ1v) is 7.60. The highest BCUT2D eigenvalue weighted by molar-refractivity contribution is 5.94. The van der Waals surface area contributed by atoms with E-state index in [1.54, 1.807) is 17.1 Å². The molecule has 0 bridgehead atoms.